The second-order valence-corrected chi connectivity index (χ2v) is 4.88. The number of carbonyl (C=O) groups excluding carboxylic acids is 1. The number of hydrogen-bond donors (Lipinski definition) is 3. The Morgan fingerprint density at radius 3 is 2.17 bits per heavy atom. The molecule has 0 heterocycles. The monoisotopic (exact) mass is 275 g/mol. The average molecular weight is 275 g/mol. The lowest BCUT2D eigenvalue weighted by Gasteiger charge is -2.11. The second-order valence-electron chi connectivity index (χ2n) is 4.51. The van der Waals surface area contributed by atoms with E-state index in [4.69, 9.17) is 5.11 Å². The van der Waals surface area contributed by atoms with E-state index in [1.165, 1.54) is 25.7 Å². The molecule has 0 unspecified atom stereocenters. The molecule has 4 nitrogen and oxygen atoms in total. The topological polar surface area (TPSA) is 66.4 Å². The molecular weight excluding hydrogens is 250 g/mol. The SMILES string of the molecule is CCCCCCCCCC(=O)N[C@@H](CS)C(=O)O. The van der Waals surface area contributed by atoms with Crippen LogP contribution in [0, 0.1) is 0 Å². The molecule has 0 aromatic heterocycles. The molecule has 0 spiro atoms. The molecule has 0 aliphatic carbocycles. The van der Waals surface area contributed by atoms with Crippen LogP contribution in [0.1, 0.15) is 58.3 Å². The van der Waals surface area contributed by atoms with Crippen LogP contribution < -0.4 is 5.32 Å². The van der Waals surface area contributed by atoms with E-state index in [2.05, 4.69) is 24.9 Å². The van der Waals surface area contributed by atoms with Crippen LogP contribution >= 0.6 is 12.6 Å². The van der Waals surface area contributed by atoms with Crippen molar-refractivity contribution in [1.29, 1.82) is 0 Å². The fourth-order valence-corrected chi connectivity index (χ4v) is 1.94. The van der Waals surface area contributed by atoms with Crippen LogP contribution in [-0.4, -0.2) is 28.8 Å². The predicted octanol–water partition coefficient (Wildman–Crippen LogP) is 2.63. The number of rotatable bonds is 11. The van der Waals surface area contributed by atoms with Gasteiger partial charge >= 0.3 is 5.97 Å². The maximum absolute atomic E-state index is 11.4. The van der Waals surface area contributed by atoms with Gasteiger partial charge in [0.15, 0.2) is 0 Å². The van der Waals surface area contributed by atoms with Crippen LogP contribution in [0.4, 0.5) is 0 Å². The summed E-state index contributed by atoms with van der Waals surface area (Å²) >= 11 is 3.89. The van der Waals surface area contributed by atoms with Crippen LogP contribution in [-0.2, 0) is 9.59 Å². The van der Waals surface area contributed by atoms with Gasteiger partial charge in [-0.1, -0.05) is 45.4 Å². The molecule has 0 radical (unpaired) electrons. The van der Waals surface area contributed by atoms with E-state index in [1.807, 2.05) is 0 Å². The van der Waals surface area contributed by atoms with Gasteiger partial charge in [-0.25, -0.2) is 4.79 Å². The predicted molar refractivity (Wildman–Crippen MR) is 76.0 cm³/mol. The Hall–Kier alpha value is -0.710. The Morgan fingerprint density at radius 2 is 1.67 bits per heavy atom. The van der Waals surface area contributed by atoms with Crippen LogP contribution in [0.5, 0.6) is 0 Å². The summed E-state index contributed by atoms with van der Waals surface area (Å²) in [6.07, 6.45) is 8.44. The fraction of sp³-hybridized carbons (Fsp3) is 0.846. The molecule has 106 valence electrons. The molecule has 0 fully saturated rings. The molecule has 0 saturated heterocycles. The number of nitrogens with one attached hydrogen (secondary N) is 1. The first-order chi connectivity index (χ1) is 8.61. The van der Waals surface area contributed by atoms with Gasteiger partial charge in [0.25, 0.3) is 0 Å². The second kappa shape index (κ2) is 11.4. The lowest BCUT2D eigenvalue weighted by Crippen LogP contribution is -2.42. The number of hydrogen-bond acceptors (Lipinski definition) is 3. The Morgan fingerprint density at radius 1 is 1.11 bits per heavy atom. The minimum absolute atomic E-state index is 0.123. The maximum atomic E-state index is 11.4. The van der Waals surface area contributed by atoms with Crippen molar-refractivity contribution in [3.63, 3.8) is 0 Å². The summed E-state index contributed by atoms with van der Waals surface area (Å²) in [6.45, 7) is 2.19. The largest absolute Gasteiger partial charge is 0.480 e. The summed E-state index contributed by atoms with van der Waals surface area (Å²) in [6, 6.07) is -0.870. The highest BCUT2D eigenvalue weighted by atomic mass is 32.1. The average Bonchev–Trinajstić information content (AvgIpc) is 2.34. The van der Waals surface area contributed by atoms with Gasteiger partial charge in [0, 0.05) is 12.2 Å². The number of carboxylic acid groups (broad SMARTS) is 1. The number of unbranched alkanes of at least 4 members (excludes halogenated alkanes) is 6. The van der Waals surface area contributed by atoms with Crippen molar-refractivity contribution in [3.8, 4) is 0 Å². The fourth-order valence-electron chi connectivity index (χ4n) is 1.69. The first-order valence-corrected chi connectivity index (χ1v) is 7.38. The maximum Gasteiger partial charge on any atom is 0.327 e. The highest BCUT2D eigenvalue weighted by Crippen LogP contribution is 2.08. The lowest BCUT2D eigenvalue weighted by molar-refractivity contribution is -0.141. The van der Waals surface area contributed by atoms with E-state index in [-0.39, 0.29) is 11.7 Å². The Bertz CT molecular complexity index is 246. The summed E-state index contributed by atoms with van der Waals surface area (Å²) in [5.74, 6) is -1.10. The minimum atomic E-state index is -1.03. The van der Waals surface area contributed by atoms with Gasteiger partial charge in [-0.2, -0.15) is 12.6 Å². The Kier molecular flexibility index (Phi) is 10.9. The zero-order chi connectivity index (χ0) is 13.8. The van der Waals surface area contributed by atoms with Crippen LogP contribution in [0.25, 0.3) is 0 Å². The number of carbonyl (C=O) groups is 2. The van der Waals surface area contributed by atoms with Gasteiger partial charge in [-0.15, -0.1) is 0 Å². The summed E-state index contributed by atoms with van der Waals surface area (Å²) in [5, 5.41) is 11.2. The van der Waals surface area contributed by atoms with Gasteiger partial charge < -0.3 is 10.4 Å². The lowest BCUT2D eigenvalue weighted by atomic mass is 10.1. The first-order valence-electron chi connectivity index (χ1n) is 6.74. The van der Waals surface area contributed by atoms with Gasteiger partial charge in [0.2, 0.25) is 5.91 Å². The quantitative estimate of drug-likeness (QED) is 0.401. The van der Waals surface area contributed by atoms with Crippen LogP contribution in [0.3, 0.4) is 0 Å². The molecular formula is C13H25NO3S. The molecule has 0 aliphatic heterocycles. The summed E-state index contributed by atoms with van der Waals surface area (Å²) in [5.41, 5.74) is 0. The Labute approximate surface area is 115 Å². The van der Waals surface area contributed by atoms with Gasteiger partial charge in [-0.05, 0) is 6.42 Å². The van der Waals surface area contributed by atoms with E-state index in [9.17, 15) is 9.59 Å². The van der Waals surface area contributed by atoms with Crippen molar-refractivity contribution >= 4 is 24.5 Å². The number of carboxylic acids is 1. The summed E-state index contributed by atoms with van der Waals surface area (Å²) in [7, 11) is 0. The van der Waals surface area contributed by atoms with Crippen molar-refractivity contribution in [2.24, 2.45) is 0 Å². The third-order valence-corrected chi connectivity index (χ3v) is 3.19. The molecule has 0 rings (SSSR count). The molecule has 5 heteroatoms. The third kappa shape index (κ3) is 9.33. The normalized spacial score (nSPS) is 12.1. The minimum Gasteiger partial charge on any atom is -0.480 e. The number of thiol groups is 1. The van der Waals surface area contributed by atoms with Crippen molar-refractivity contribution < 1.29 is 14.7 Å². The van der Waals surface area contributed by atoms with Gasteiger partial charge in [0.1, 0.15) is 6.04 Å². The molecule has 1 amide bonds. The molecule has 1 atom stereocenters. The molecule has 0 bridgehead atoms. The van der Waals surface area contributed by atoms with Crippen molar-refractivity contribution in [1.82, 2.24) is 5.32 Å². The zero-order valence-electron chi connectivity index (χ0n) is 11.2. The van der Waals surface area contributed by atoms with Crippen LogP contribution in [0.15, 0.2) is 0 Å². The summed E-state index contributed by atoms with van der Waals surface area (Å²) < 4.78 is 0. The Balaban J connectivity index is 3.50. The standard InChI is InChI=1S/C13H25NO3S/c1-2-3-4-5-6-7-8-9-12(15)14-11(10-18)13(16)17/h11,18H,2-10H2,1H3,(H,14,15)(H,16,17)/t11-/m0/s1. The van der Waals surface area contributed by atoms with E-state index in [0.717, 1.165) is 19.3 Å². The van der Waals surface area contributed by atoms with Crippen molar-refractivity contribution in [2.45, 2.75) is 64.3 Å². The first kappa shape index (κ1) is 17.3. The smallest absolute Gasteiger partial charge is 0.327 e. The molecule has 0 aromatic carbocycles. The summed E-state index contributed by atoms with van der Waals surface area (Å²) in [4.78, 5) is 22.1. The van der Waals surface area contributed by atoms with Crippen molar-refractivity contribution in [3.05, 3.63) is 0 Å². The van der Waals surface area contributed by atoms with E-state index >= 15 is 0 Å². The molecule has 0 aliphatic rings. The number of aliphatic carboxylic acids is 1. The highest BCUT2D eigenvalue weighted by Gasteiger charge is 2.17. The van der Waals surface area contributed by atoms with Gasteiger partial charge in [-0.3, -0.25) is 4.79 Å². The molecule has 18 heavy (non-hydrogen) atoms. The zero-order valence-corrected chi connectivity index (χ0v) is 12.0. The molecule has 2 N–H and O–H groups in total. The molecule has 0 saturated carbocycles. The van der Waals surface area contributed by atoms with E-state index in [0.29, 0.717) is 6.42 Å². The van der Waals surface area contributed by atoms with E-state index in [1.54, 1.807) is 0 Å². The number of amides is 1. The highest BCUT2D eigenvalue weighted by molar-refractivity contribution is 7.80. The van der Waals surface area contributed by atoms with Crippen molar-refractivity contribution in [2.75, 3.05) is 5.75 Å². The molecule has 0 aromatic rings. The van der Waals surface area contributed by atoms with Gasteiger partial charge in [0.05, 0.1) is 0 Å². The third-order valence-electron chi connectivity index (χ3n) is 2.82. The van der Waals surface area contributed by atoms with Crippen LogP contribution in [0.2, 0.25) is 0 Å². The van der Waals surface area contributed by atoms with E-state index < -0.39 is 12.0 Å².